The molecule has 0 radical (unpaired) electrons. The number of hydrogen-bond acceptors (Lipinski definition) is 3. The van der Waals surface area contributed by atoms with Crippen LogP contribution in [0.2, 0.25) is 0 Å². The molecule has 0 saturated carbocycles. The van der Waals surface area contributed by atoms with E-state index in [4.69, 9.17) is 5.11 Å². The molecule has 1 aromatic rings. The van der Waals surface area contributed by atoms with E-state index in [1.807, 2.05) is 6.92 Å². The molecule has 4 nitrogen and oxygen atoms in total. The van der Waals surface area contributed by atoms with E-state index in [1.165, 1.54) is 0 Å². The molecule has 1 heterocycles. The summed E-state index contributed by atoms with van der Waals surface area (Å²) in [4.78, 5) is 0. The van der Waals surface area contributed by atoms with Gasteiger partial charge in [-0.1, -0.05) is 0 Å². The third-order valence-electron chi connectivity index (χ3n) is 1.21. The largest absolute Gasteiger partial charge is 0.394 e. The summed E-state index contributed by atoms with van der Waals surface area (Å²) >= 11 is 0. The predicted octanol–water partition coefficient (Wildman–Crippen LogP) is -0.169. The maximum absolute atomic E-state index is 8.63. The average Bonchev–Trinajstić information content (AvgIpc) is 2.37. The van der Waals surface area contributed by atoms with Gasteiger partial charge in [0.2, 0.25) is 0 Å². The molecule has 0 bridgehead atoms. The van der Waals surface area contributed by atoms with Crippen molar-refractivity contribution in [2.75, 3.05) is 6.61 Å². The molecule has 0 fully saturated rings. The molecule has 0 aliphatic heterocycles. The summed E-state index contributed by atoms with van der Waals surface area (Å²) in [6.07, 6.45) is 3.17. The van der Waals surface area contributed by atoms with Crippen molar-refractivity contribution in [1.82, 2.24) is 14.8 Å². The summed E-state index contributed by atoms with van der Waals surface area (Å²) in [5, 5.41) is 15.8. The van der Waals surface area contributed by atoms with Crippen LogP contribution < -0.4 is 0 Å². The Balaban J connectivity index is 2.65. The molecular weight excluding hydrogens is 118 g/mol. The van der Waals surface area contributed by atoms with Gasteiger partial charge in [-0.05, 0) is 6.92 Å². The van der Waals surface area contributed by atoms with Crippen LogP contribution in [0, 0.1) is 0 Å². The fourth-order valence-corrected chi connectivity index (χ4v) is 0.531. The highest BCUT2D eigenvalue weighted by molar-refractivity contribution is 4.67. The predicted molar refractivity (Wildman–Crippen MR) is 31.8 cm³/mol. The molecule has 0 aliphatic rings. The quantitative estimate of drug-likeness (QED) is 0.600. The molecule has 0 unspecified atom stereocenters. The molecule has 1 N–H and O–H groups in total. The first-order valence-corrected chi connectivity index (χ1v) is 2.79. The minimum Gasteiger partial charge on any atom is -0.394 e. The first-order chi connectivity index (χ1) is 4.34. The molecule has 1 atom stereocenters. The Morgan fingerprint density at radius 1 is 1.56 bits per heavy atom. The van der Waals surface area contributed by atoms with Gasteiger partial charge in [0.15, 0.2) is 0 Å². The van der Waals surface area contributed by atoms with Crippen molar-refractivity contribution in [3.05, 3.63) is 12.7 Å². The van der Waals surface area contributed by atoms with Gasteiger partial charge in [-0.3, -0.25) is 0 Å². The third-order valence-corrected chi connectivity index (χ3v) is 1.21. The third kappa shape index (κ3) is 1.26. The molecule has 0 aromatic carbocycles. The van der Waals surface area contributed by atoms with Crippen LogP contribution in [-0.2, 0) is 0 Å². The molecule has 4 heteroatoms. The Morgan fingerprint density at radius 3 is 2.56 bits per heavy atom. The minimum absolute atomic E-state index is 0.0833. The van der Waals surface area contributed by atoms with Gasteiger partial charge in [0.05, 0.1) is 12.6 Å². The molecule has 0 saturated heterocycles. The number of hydrogen-bond donors (Lipinski definition) is 1. The second-order valence-electron chi connectivity index (χ2n) is 1.94. The maximum Gasteiger partial charge on any atom is 0.119 e. The van der Waals surface area contributed by atoms with Crippen LogP contribution in [0.3, 0.4) is 0 Å². The SMILES string of the molecule is C[C@@H](CO)n1cnnc1. The summed E-state index contributed by atoms with van der Waals surface area (Å²) in [6, 6.07) is 0.0833. The van der Waals surface area contributed by atoms with E-state index in [-0.39, 0.29) is 12.6 Å². The van der Waals surface area contributed by atoms with E-state index in [9.17, 15) is 0 Å². The average molecular weight is 127 g/mol. The number of nitrogens with zero attached hydrogens (tertiary/aromatic N) is 3. The Labute approximate surface area is 53.1 Å². The second kappa shape index (κ2) is 2.59. The van der Waals surface area contributed by atoms with Gasteiger partial charge in [-0.25, -0.2) is 0 Å². The monoisotopic (exact) mass is 127 g/mol. The highest BCUT2D eigenvalue weighted by Gasteiger charge is 1.99. The van der Waals surface area contributed by atoms with Crippen molar-refractivity contribution in [1.29, 1.82) is 0 Å². The van der Waals surface area contributed by atoms with Gasteiger partial charge in [0, 0.05) is 0 Å². The Morgan fingerprint density at radius 2 is 2.11 bits per heavy atom. The lowest BCUT2D eigenvalue weighted by Crippen LogP contribution is -2.06. The van der Waals surface area contributed by atoms with E-state index in [0.29, 0.717) is 0 Å². The van der Waals surface area contributed by atoms with Gasteiger partial charge in [-0.2, -0.15) is 0 Å². The smallest absolute Gasteiger partial charge is 0.119 e. The van der Waals surface area contributed by atoms with Crippen LogP contribution in [0.15, 0.2) is 12.7 Å². The number of rotatable bonds is 2. The zero-order valence-corrected chi connectivity index (χ0v) is 5.23. The summed E-state index contributed by atoms with van der Waals surface area (Å²) in [5.74, 6) is 0. The lowest BCUT2D eigenvalue weighted by Gasteiger charge is -2.05. The minimum atomic E-state index is 0.0833. The lowest BCUT2D eigenvalue weighted by atomic mass is 10.4. The van der Waals surface area contributed by atoms with E-state index in [2.05, 4.69) is 10.2 Å². The van der Waals surface area contributed by atoms with Crippen molar-refractivity contribution in [3.63, 3.8) is 0 Å². The molecule has 1 aromatic heterocycles. The summed E-state index contributed by atoms with van der Waals surface area (Å²) < 4.78 is 1.75. The zero-order chi connectivity index (χ0) is 6.69. The molecule has 0 spiro atoms. The molecule has 1 rings (SSSR count). The molecule has 50 valence electrons. The zero-order valence-electron chi connectivity index (χ0n) is 5.23. The van der Waals surface area contributed by atoms with E-state index >= 15 is 0 Å². The van der Waals surface area contributed by atoms with Gasteiger partial charge in [0.25, 0.3) is 0 Å². The normalized spacial score (nSPS) is 13.6. The first kappa shape index (κ1) is 6.22. The molecule has 9 heavy (non-hydrogen) atoms. The van der Waals surface area contributed by atoms with E-state index < -0.39 is 0 Å². The Bertz CT molecular complexity index is 161. The highest BCUT2D eigenvalue weighted by atomic mass is 16.3. The van der Waals surface area contributed by atoms with Crippen molar-refractivity contribution >= 4 is 0 Å². The first-order valence-electron chi connectivity index (χ1n) is 2.79. The van der Waals surface area contributed by atoms with Crippen LogP contribution in [0.1, 0.15) is 13.0 Å². The summed E-state index contributed by atoms with van der Waals surface area (Å²) in [7, 11) is 0. The van der Waals surface area contributed by atoms with Crippen LogP contribution in [0.5, 0.6) is 0 Å². The van der Waals surface area contributed by atoms with Gasteiger partial charge < -0.3 is 9.67 Å². The fraction of sp³-hybridized carbons (Fsp3) is 0.600. The lowest BCUT2D eigenvalue weighted by molar-refractivity contribution is 0.238. The van der Waals surface area contributed by atoms with E-state index in [1.54, 1.807) is 17.2 Å². The fourth-order valence-electron chi connectivity index (χ4n) is 0.531. The number of aliphatic hydroxyl groups excluding tert-OH is 1. The Hall–Kier alpha value is -0.900. The van der Waals surface area contributed by atoms with Crippen molar-refractivity contribution in [2.24, 2.45) is 0 Å². The van der Waals surface area contributed by atoms with Crippen molar-refractivity contribution < 1.29 is 5.11 Å². The second-order valence-corrected chi connectivity index (χ2v) is 1.94. The number of aromatic nitrogens is 3. The van der Waals surface area contributed by atoms with Crippen LogP contribution >= 0.6 is 0 Å². The van der Waals surface area contributed by atoms with Crippen molar-refractivity contribution in [2.45, 2.75) is 13.0 Å². The highest BCUT2D eigenvalue weighted by Crippen LogP contribution is 1.99. The molecule has 0 amide bonds. The topological polar surface area (TPSA) is 50.9 Å². The standard InChI is InChI=1S/C5H9N3O/c1-5(2-9)8-3-6-7-4-8/h3-5,9H,2H2,1H3/t5-/m0/s1. The number of aliphatic hydroxyl groups is 1. The van der Waals surface area contributed by atoms with Gasteiger partial charge in [-0.15, -0.1) is 10.2 Å². The van der Waals surface area contributed by atoms with Crippen LogP contribution in [0.25, 0.3) is 0 Å². The maximum atomic E-state index is 8.63. The van der Waals surface area contributed by atoms with Crippen molar-refractivity contribution in [3.8, 4) is 0 Å². The summed E-state index contributed by atoms with van der Waals surface area (Å²) in [5.41, 5.74) is 0. The molecular formula is C5H9N3O. The molecule has 0 aliphatic carbocycles. The van der Waals surface area contributed by atoms with Gasteiger partial charge >= 0.3 is 0 Å². The van der Waals surface area contributed by atoms with E-state index in [0.717, 1.165) is 0 Å². The van der Waals surface area contributed by atoms with Crippen LogP contribution in [-0.4, -0.2) is 26.5 Å². The Kier molecular flexibility index (Phi) is 1.79. The van der Waals surface area contributed by atoms with Crippen LogP contribution in [0.4, 0.5) is 0 Å². The van der Waals surface area contributed by atoms with Gasteiger partial charge in [0.1, 0.15) is 12.7 Å². The summed E-state index contributed by atoms with van der Waals surface area (Å²) in [6.45, 7) is 2.02.